The number of piperidine rings is 1. The average Bonchev–Trinajstić information content (AvgIpc) is 2.50. The number of esters is 1. The molecule has 0 aliphatic carbocycles. The topological polar surface area (TPSA) is 55.8 Å². The van der Waals surface area contributed by atoms with Crippen molar-refractivity contribution >= 4 is 12.1 Å². The van der Waals surface area contributed by atoms with E-state index in [2.05, 4.69) is 0 Å². The number of ether oxygens (including phenoxy) is 2. The molecule has 1 aliphatic rings. The third kappa shape index (κ3) is 3.97. The third-order valence-corrected chi connectivity index (χ3v) is 3.66. The van der Waals surface area contributed by atoms with Crippen LogP contribution in [0.5, 0.6) is 5.75 Å². The van der Waals surface area contributed by atoms with Gasteiger partial charge in [-0.25, -0.2) is 4.79 Å². The molecule has 1 amide bonds. The molecule has 114 valence electrons. The summed E-state index contributed by atoms with van der Waals surface area (Å²) in [6.07, 6.45) is 0.898. The zero-order valence-corrected chi connectivity index (χ0v) is 12.5. The molecule has 0 spiro atoms. The fourth-order valence-electron chi connectivity index (χ4n) is 2.39. The van der Waals surface area contributed by atoms with Gasteiger partial charge in [0.25, 0.3) is 0 Å². The average molecular weight is 291 g/mol. The van der Waals surface area contributed by atoms with Crippen molar-refractivity contribution in [3.63, 3.8) is 0 Å². The Morgan fingerprint density at radius 2 is 1.90 bits per heavy atom. The van der Waals surface area contributed by atoms with Crippen molar-refractivity contribution in [1.29, 1.82) is 0 Å². The lowest BCUT2D eigenvalue weighted by atomic mass is 9.97. The maximum Gasteiger partial charge on any atom is 0.415 e. The largest absolute Gasteiger partial charge is 0.466 e. The Bertz CT molecular complexity index is 507. The lowest BCUT2D eigenvalue weighted by molar-refractivity contribution is -0.149. The molecule has 1 saturated heterocycles. The summed E-state index contributed by atoms with van der Waals surface area (Å²) < 4.78 is 10.4. The minimum absolute atomic E-state index is 0.104. The molecule has 1 fully saturated rings. The lowest BCUT2D eigenvalue weighted by Gasteiger charge is -2.30. The second kappa shape index (κ2) is 7.11. The van der Waals surface area contributed by atoms with Crippen LogP contribution in [0, 0.1) is 12.8 Å². The van der Waals surface area contributed by atoms with Crippen molar-refractivity contribution in [2.45, 2.75) is 26.7 Å². The molecule has 0 N–H and O–H groups in total. The number of benzene rings is 1. The Balaban J connectivity index is 1.86. The number of para-hydroxylation sites is 1. The highest BCUT2D eigenvalue weighted by molar-refractivity contribution is 5.74. The van der Waals surface area contributed by atoms with E-state index in [0.717, 1.165) is 5.56 Å². The summed E-state index contributed by atoms with van der Waals surface area (Å²) in [6, 6.07) is 7.41. The molecule has 0 aromatic heterocycles. The van der Waals surface area contributed by atoms with Crippen molar-refractivity contribution in [3.05, 3.63) is 29.8 Å². The van der Waals surface area contributed by atoms with E-state index in [1.54, 1.807) is 17.9 Å². The minimum Gasteiger partial charge on any atom is -0.466 e. The van der Waals surface area contributed by atoms with Crippen LogP contribution >= 0.6 is 0 Å². The molecular formula is C16H21NO4. The van der Waals surface area contributed by atoms with Crippen LogP contribution in [0.15, 0.2) is 24.3 Å². The van der Waals surface area contributed by atoms with Crippen LogP contribution in [0.1, 0.15) is 25.3 Å². The Morgan fingerprint density at radius 1 is 1.24 bits per heavy atom. The van der Waals surface area contributed by atoms with Crippen LogP contribution in [0.3, 0.4) is 0 Å². The van der Waals surface area contributed by atoms with E-state index in [0.29, 0.717) is 38.3 Å². The number of hydrogen-bond acceptors (Lipinski definition) is 4. The van der Waals surface area contributed by atoms with Gasteiger partial charge in [0, 0.05) is 13.1 Å². The zero-order chi connectivity index (χ0) is 15.2. The Kier molecular flexibility index (Phi) is 5.20. The number of likely N-dealkylation sites (tertiary alicyclic amines) is 1. The van der Waals surface area contributed by atoms with Crippen LogP contribution in [0.25, 0.3) is 0 Å². The van der Waals surface area contributed by atoms with Gasteiger partial charge in [0.2, 0.25) is 0 Å². The third-order valence-electron chi connectivity index (χ3n) is 3.66. The number of rotatable bonds is 3. The molecule has 0 radical (unpaired) electrons. The summed E-state index contributed by atoms with van der Waals surface area (Å²) in [7, 11) is 0. The van der Waals surface area contributed by atoms with Gasteiger partial charge in [0.05, 0.1) is 12.5 Å². The van der Waals surface area contributed by atoms with Crippen molar-refractivity contribution in [3.8, 4) is 5.75 Å². The molecule has 5 nitrogen and oxygen atoms in total. The predicted molar refractivity (Wildman–Crippen MR) is 78.1 cm³/mol. The van der Waals surface area contributed by atoms with E-state index in [1.165, 1.54) is 0 Å². The maximum atomic E-state index is 12.1. The highest BCUT2D eigenvalue weighted by Crippen LogP contribution is 2.21. The zero-order valence-electron chi connectivity index (χ0n) is 12.5. The van der Waals surface area contributed by atoms with Gasteiger partial charge >= 0.3 is 12.1 Å². The van der Waals surface area contributed by atoms with Gasteiger partial charge in [-0.2, -0.15) is 0 Å². The first kappa shape index (κ1) is 15.4. The Morgan fingerprint density at radius 3 is 2.52 bits per heavy atom. The summed E-state index contributed by atoms with van der Waals surface area (Å²) in [5.41, 5.74) is 0.923. The first-order chi connectivity index (χ1) is 10.1. The number of aryl methyl sites for hydroxylation is 1. The first-order valence-corrected chi connectivity index (χ1v) is 7.30. The standard InChI is InChI=1S/C16H21NO4/c1-3-20-15(18)13-8-10-17(11-9-13)16(19)21-14-7-5-4-6-12(14)2/h4-7,13H,3,8-11H2,1-2H3. The second-order valence-corrected chi connectivity index (χ2v) is 5.15. The van der Waals surface area contributed by atoms with E-state index >= 15 is 0 Å². The summed E-state index contributed by atoms with van der Waals surface area (Å²) in [4.78, 5) is 25.4. The summed E-state index contributed by atoms with van der Waals surface area (Å²) in [5.74, 6) is 0.312. The molecule has 1 aromatic carbocycles. The number of hydrogen-bond donors (Lipinski definition) is 0. The van der Waals surface area contributed by atoms with Crippen molar-refractivity contribution in [1.82, 2.24) is 4.90 Å². The number of nitrogens with zero attached hydrogens (tertiary/aromatic N) is 1. The van der Waals surface area contributed by atoms with E-state index in [1.807, 2.05) is 25.1 Å². The van der Waals surface area contributed by atoms with Crippen molar-refractivity contribution in [2.24, 2.45) is 5.92 Å². The van der Waals surface area contributed by atoms with E-state index < -0.39 is 0 Å². The van der Waals surface area contributed by atoms with Crippen LogP contribution in [0.2, 0.25) is 0 Å². The SMILES string of the molecule is CCOC(=O)C1CCN(C(=O)Oc2ccccc2C)CC1. The van der Waals surface area contributed by atoms with Gasteiger partial charge in [0.15, 0.2) is 0 Å². The maximum absolute atomic E-state index is 12.1. The number of amides is 1. The van der Waals surface area contributed by atoms with E-state index in [9.17, 15) is 9.59 Å². The summed E-state index contributed by atoms with van der Waals surface area (Å²) in [5, 5.41) is 0. The molecule has 2 rings (SSSR count). The van der Waals surface area contributed by atoms with Gasteiger partial charge in [-0.15, -0.1) is 0 Å². The van der Waals surface area contributed by atoms with Crippen molar-refractivity contribution < 1.29 is 19.1 Å². The fraction of sp³-hybridized carbons (Fsp3) is 0.500. The van der Waals surface area contributed by atoms with Gasteiger partial charge in [-0.1, -0.05) is 18.2 Å². The first-order valence-electron chi connectivity index (χ1n) is 7.30. The van der Waals surface area contributed by atoms with Gasteiger partial charge < -0.3 is 14.4 Å². The molecule has 0 saturated carbocycles. The minimum atomic E-state index is -0.355. The van der Waals surface area contributed by atoms with Gasteiger partial charge in [-0.3, -0.25) is 4.79 Å². The molecule has 0 unspecified atom stereocenters. The van der Waals surface area contributed by atoms with Crippen LogP contribution in [0.4, 0.5) is 4.79 Å². The lowest BCUT2D eigenvalue weighted by Crippen LogP contribution is -2.42. The summed E-state index contributed by atoms with van der Waals surface area (Å²) >= 11 is 0. The van der Waals surface area contributed by atoms with Crippen LogP contribution in [-0.2, 0) is 9.53 Å². The van der Waals surface area contributed by atoms with Crippen LogP contribution < -0.4 is 4.74 Å². The van der Waals surface area contributed by atoms with Gasteiger partial charge in [0.1, 0.15) is 5.75 Å². The molecule has 1 aliphatic heterocycles. The van der Waals surface area contributed by atoms with Gasteiger partial charge in [-0.05, 0) is 38.3 Å². The van der Waals surface area contributed by atoms with Crippen LogP contribution in [-0.4, -0.2) is 36.7 Å². The summed E-state index contributed by atoms with van der Waals surface area (Å²) in [6.45, 7) is 5.14. The van der Waals surface area contributed by atoms with E-state index in [-0.39, 0.29) is 18.0 Å². The monoisotopic (exact) mass is 291 g/mol. The predicted octanol–water partition coefficient (Wildman–Crippen LogP) is 2.77. The molecule has 0 atom stereocenters. The van der Waals surface area contributed by atoms with Crippen molar-refractivity contribution in [2.75, 3.05) is 19.7 Å². The fourth-order valence-corrected chi connectivity index (χ4v) is 2.39. The second-order valence-electron chi connectivity index (χ2n) is 5.15. The van der Waals surface area contributed by atoms with E-state index in [4.69, 9.17) is 9.47 Å². The molecule has 21 heavy (non-hydrogen) atoms. The molecule has 5 heteroatoms. The number of carbonyl (C=O) groups excluding carboxylic acids is 2. The number of carbonyl (C=O) groups is 2. The quantitative estimate of drug-likeness (QED) is 0.804. The Hall–Kier alpha value is -2.04. The highest BCUT2D eigenvalue weighted by Gasteiger charge is 2.29. The molecule has 0 bridgehead atoms. The molecule has 1 aromatic rings. The smallest absolute Gasteiger partial charge is 0.415 e. The Labute approximate surface area is 124 Å². The normalized spacial score (nSPS) is 15.6. The molecular weight excluding hydrogens is 270 g/mol. The molecule has 1 heterocycles. The highest BCUT2D eigenvalue weighted by atomic mass is 16.6.